The zero-order valence-corrected chi connectivity index (χ0v) is 21.4. The highest BCUT2D eigenvalue weighted by Gasteiger charge is 2.15. The van der Waals surface area contributed by atoms with Crippen molar-refractivity contribution in [1.82, 2.24) is 4.58 Å². The van der Waals surface area contributed by atoms with Gasteiger partial charge in [-0.2, -0.15) is 0 Å². The first kappa shape index (κ1) is 27.4. The second-order valence-electron chi connectivity index (χ2n) is 7.91. The van der Waals surface area contributed by atoms with E-state index in [1.54, 1.807) is 0 Å². The molecule has 1 aliphatic carbocycles. The van der Waals surface area contributed by atoms with E-state index in [4.69, 9.17) is 27.5 Å². The van der Waals surface area contributed by atoms with Crippen molar-refractivity contribution < 1.29 is 37.7 Å². The van der Waals surface area contributed by atoms with E-state index in [0.717, 1.165) is 53.9 Å². The van der Waals surface area contributed by atoms with Crippen LogP contribution in [0.2, 0.25) is 0 Å². The van der Waals surface area contributed by atoms with Crippen LogP contribution in [0.15, 0.2) is 68.2 Å². The van der Waals surface area contributed by atoms with E-state index in [9.17, 15) is 4.79 Å². The molecule has 0 saturated carbocycles. The van der Waals surface area contributed by atoms with Gasteiger partial charge in [-0.05, 0) is 64.1 Å². The summed E-state index contributed by atoms with van der Waals surface area (Å²) in [7, 11) is -4.94. The van der Waals surface area contributed by atoms with E-state index >= 15 is 0 Å². The topological polar surface area (TPSA) is 142 Å². The summed E-state index contributed by atoms with van der Waals surface area (Å²) in [6, 6.07) is 17.8. The van der Waals surface area contributed by atoms with Gasteiger partial charge in [0.2, 0.25) is 5.36 Å². The minimum absolute atomic E-state index is 0.396. The third-order valence-corrected chi connectivity index (χ3v) is 5.87. The Bertz CT molecular complexity index is 1410. The summed E-state index contributed by atoms with van der Waals surface area (Å²) < 4.78 is 48.1. The van der Waals surface area contributed by atoms with Crippen LogP contribution in [0.1, 0.15) is 27.7 Å². The molecule has 1 aliphatic heterocycles. The van der Waals surface area contributed by atoms with Crippen molar-refractivity contribution in [2.45, 2.75) is 27.7 Å². The largest absolute Gasteiger partial charge is 0.456 e. The molecule has 0 fully saturated rings. The molecule has 36 heavy (non-hydrogen) atoms. The lowest BCUT2D eigenvalue weighted by atomic mass is 10.1. The van der Waals surface area contributed by atoms with Gasteiger partial charge in [-0.15, -0.1) is 10.2 Å². The standard InChI is InChI=1S/C26H29N2O3.ClHO4/c1-5-27(6-2)20-12-9-18-11-14-23(30-24(18)16-20)22-15-19-10-13-21(28(7-3)8-4)17-25(19)31-26(22)29;2-1(3,4)5/h9-17H,5-8H2,1-4H3;(H,2,3,4,5)/q+1;/p-1. The molecule has 0 amide bonds. The molecule has 1 aromatic carbocycles. The third-order valence-electron chi connectivity index (χ3n) is 5.87. The number of benzene rings is 2. The molecular formula is C26H29ClN2O7. The maximum atomic E-state index is 12.8. The fourth-order valence-electron chi connectivity index (χ4n) is 4.05. The average molecular weight is 517 g/mol. The van der Waals surface area contributed by atoms with Crippen molar-refractivity contribution in [1.29, 1.82) is 0 Å². The first-order chi connectivity index (χ1) is 17.1. The number of anilines is 1. The highest BCUT2D eigenvalue weighted by atomic mass is 35.7. The van der Waals surface area contributed by atoms with E-state index < -0.39 is 15.9 Å². The number of rotatable bonds is 6. The lowest BCUT2D eigenvalue weighted by molar-refractivity contribution is -2.00. The molecule has 0 radical (unpaired) electrons. The van der Waals surface area contributed by atoms with Crippen molar-refractivity contribution in [3.63, 3.8) is 0 Å². The molecule has 10 heteroatoms. The molecule has 2 heterocycles. The van der Waals surface area contributed by atoms with E-state index in [1.165, 1.54) is 0 Å². The van der Waals surface area contributed by atoms with Gasteiger partial charge in [0.15, 0.2) is 0 Å². The average Bonchev–Trinajstić information content (AvgIpc) is 2.83. The lowest BCUT2D eigenvalue weighted by Gasteiger charge is -2.21. The Balaban J connectivity index is 0.000000658. The van der Waals surface area contributed by atoms with Crippen LogP contribution < -0.4 is 39.1 Å². The van der Waals surface area contributed by atoms with E-state index in [-0.39, 0.29) is 0 Å². The molecular weight excluding hydrogens is 488 g/mol. The number of hydrogen-bond donors (Lipinski definition) is 0. The Morgan fingerprint density at radius 2 is 1.44 bits per heavy atom. The van der Waals surface area contributed by atoms with Gasteiger partial charge < -0.3 is 13.7 Å². The molecule has 0 bridgehead atoms. The summed E-state index contributed by atoms with van der Waals surface area (Å²) in [5.74, 6) is 1.26. The Kier molecular flexibility index (Phi) is 8.89. The quantitative estimate of drug-likeness (QED) is 0.258. The fraction of sp³-hybridized carbons (Fsp3) is 0.308. The molecule has 0 atom stereocenters. The normalized spacial score (nSPS) is 11.3. The summed E-state index contributed by atoms with van der Waals surface area (Å²) in [4.78, 5) is 15.0. The fourth-order valence-corrected chi connectivity index (χ4v) is 4.05. The highest BCUT2D eigenvalue weighted by Crippen LogP contribution is 2.29. The first-order valence-corrected chi connectivity index (χ1v) is 12.9. The van der Waals surface area contributed by atoms with Crippen LogP contribution in [0.4, 0.5) is 5.69 Å². The minimum Gasteiger partial charge on any atom is -0.456 e. The molecule has 4 rings (SSSR count). The van der Waals surface area contributed by atoms with Gasteiger partial charge in [-0.3, -0.25) is 0 Å². The Morgan fingerprint density at radius 1 is 0.806 bits per heavy atom. The van der Waals surface area contributed by atoms with Crippen molar-refractivity contribution in [3.05, 3.63) is 70.4 Å². The predicted octanol–water partition coefficient (Wildman–Crippen LogP) is 0.0600. The van der Waals surface area contributed by atoms with Gasteiger partial charge in [0.1, 0.15) is 35.8 Å². The SMILES string of the molecule is CCN(CC)c1ccc2cc(-c3ccc4ccc(=[N+](CC)CC)cc-4o3)c(=O)oc2c1.[O-][Cl+3]([O-])([O-])[O-]. The van der Waals surface area contributed by atoms with E-state index in [2.05, 4.69) is 49.3 Å². The van der Waals surface area contributed by atoms with Gasteiger partial charge in [-0.25, -0.2) is 28.0 Å². The van der Waals surface area contributed by atoms with Gasteiger partial charge in [-0.1, -0.05) is 0 Å². The molecule has 0 N–H and O–H groups in total. The Labute approximate surface area is 210 Å². The monoisotopic (exact) mass is 516 g/mol. The smallest absolute Gasteiger partial charge is 0.347 e. The van der Waals surface area contributed by atoms with Crippen molar-refractivity contribution in [2.75, 3.05) is 31.1 Å². The van der Waals surface area contributed by atoms with Gasteiger partial charge in [0.05, 0.1) is 6.07 Å². The maximum absolute atomic E-state index is 12.8. The van der Waals surface area contributed by atoms with Crippen molar-refractivity contribution >= 4 is 16.7 Å². The van der Waals surface area contributed by atoms with Gasteiger partial charge >= 0.3 is 5.63 Å². The highest BCUT2D eigenvalue weighted by molar-refractivity contribution is 5.84. The van der Waals surface area contributed by atoms with Crippen LogP contribution in [-0.2, 0) is 0 Å². The summed E-state index contributed by atoms with van der Waals surface area (Å²) in [5, 5.41) is 1.98. The molecule has 0 spiro atoms. The van der Waals surface area contributed by atoms with Crippen LogP contribution in [-0.4, -0.2) is 26.2 Å². The van der Waals surface area contributed by atoms with E-state index in [0.29, 0.717) is 16.9 Å². The Hall–Kier alpha value is -3.21. The molecule has 2 aliphatic rings. The summed E-state index contributed by atoms with van der Waals surface area (Å²) >= 11 is 0. The van der Waals surface area contributed by atoms with Crippen LogP contribution in [0.25, 0.3) is 33.6 Å². The number of hydrogen-bond acceptors (Lipinski definition) is 8. The zero-order chi connectivity index (χ0) is 26.5. The van der Waals surface area contributed by atoms with E-state index in [1.807, 2.05) is 42.5 Å². The first-order valence-electron chi connectivity index (χ1n) is 11.6. The summed E-state index contributed by atoms with van der Waals surface area (Å²) in [6.45, 7) is 12.1. The molecule has 192 valence electrons. The van der Waals surface area contributed by atoms with Crippen molar-refractivity contribution in [3.8, 4) is 22.6 Å². The third kappa shape index (κ3) is 6.71. The number of fused-ring (bicyclic) bond motifs is 2. The van der Waals surface area contributed by atoms with Crippen LogP contribution in [0.3, 0.4) is 0 Å². The minimum atomic E-state index is -4.94. The number of halogens is 1. The summed E-state index contributed by atoms with van der Waals surface area (Å²) in [5.41, 5.74) is 2.66. The molecule has 0 unspecified atom stereocenters. The van der Waals surface area contributed by atoms with Crippen LogP contribution in [0, 0.1) is 10.2 Å². The van der Waals surface area contributed by atoms with Crippen LogP contribution in [0.5, 0.6) is 0 Å². The molecule has 2 aromatic rings. The van der Waals surface area contributed by atoms with Crippen LogP contribution >= 0.6 is 0 Å². The summed E-state index contributed by atoms with van der Waals surface area (Å²) in [6.07, 6.45) is 0. The predicted molar refractivity (Wildman–Crippen MR) is 127 cm³/mol. The second-order valence-corrected chi connectivity index (χ2v) is 8.67. The zero-order valence-electron chi connectivity index (χ0n) is 20.7. The van der Waals surface area contributed by atoms with Gasteiger partial charge in [0.25, 0.3) is 0 Å². The lowest BCUT2D eigenvalue weighted by Crippen LogP contribution is -2.68. The van der Waals surface area contributed by atoms with Gasteiger partial charge in [0, 0.05) is 41.9 Å². The second kappa shape index (κ2) is 11.7. The molecule has 1 aromatic heterocycles. The molecule has 9 nitrogen and oxygen atoms in total. The maximum Gasteiger partial charge on any atom is 0.347 e. The Morgan fingerprint density at radius 3 is 2.06 bits per heavy atom. The van der Waals surface area contributed by atoms with Crippen molar-refractivity contribution in [2.24, 2.45) is 0 Å². The molecule has 0 saturated heterocycles. The number of nitrogens with zero attached hydrogens (tertiary/aromatic N) is 2.